The van der Waals surface area contributed by atoms with Crippen LogP contribution in [0.5, 0.6) is 5.75 Å². The first kappa shape index (κ1) is 9.60. The van der Waals surface area contributed by atoms with Gasteiger partial charge in [0.2, 0.25) is 0 Å². The lowest BCUT2D eigenvalue weighted by Gasteiger charge is -2.01. The average Bonchev–Trinajstić information content (AvgIpc) is 2.16. The highest BCUT2D eigenvalue weighted by atomic mass is 32.2. The van der Waals surface area contributed by atoms with Crippen LogP contribution in [0.15, 0.2) is 30.3 Å². The third kappa shape index (κ3) is 3.62. The molecule has 0 radical (unpaired) electrons. The van der Waals surface area contributed by atoms with Crippen LogP contribution in [0.3, 0.4) is 0 Å². The summed E-state index contributed by atoms with van der Waals surface area (Å²) in [7, 11) is 0. The number of nitrogens with one attached hydrogen (secondary N) is 1. The fourth-order valence-electron chi connectivity index (χ4n) is 0.689. The topological polar surface area (TPSA) is 55.4 Å². The zero-order valence-corrected chi connectivity index (χ0v) is 7.41. The third-order valence-electron chi connectivity index (χ3n) is 1.14. The van der Waals surface area contributed by atoms with Crippen LogP contribution < -0.4 is 9.46 Å². The number of benzene rings is 1. The fourth-order valence-corrected chi connectivity index (χ4v) is 0.875. The molecule has 1 aromatic carbocycles. The van der Waals surface area contributed by atoms with Crippen LogP contribution in [0.1, 0.15) is 0 Å². The standard InChI is InChI=1S/C8H7NO3S/c10-6-13-9-8(11)12-7-4-2-1-3-5-7/h1-6H,(H,9,11). The third-order valence-corrected chi connectivity index (χ3v) is 1.52. The maximum absolute atomic E-state index is 10.9. The zero-order chi connectivity index (χ0) is 9.52. The predicted molar refractivity (Wildman–Crippen MR) is 49.9 cm³/mol. The first-order valence-electron chi connectivity index (χ1n) is 3.45. The second-order valence-corrected chi connectivity index (χ2v) is 2.65. The Morgan fingerprint density at radius 3 is 2.69 bits per heavy atom. The Kier molecular flexibility index (Phi) is 3.84. The van der Waals surface area contributed by atoms with E-state index in [4.69, 9.17) is 4.74 Å². The first-order valence-corrected chi connectivity index (χ1v) is 4.33. The minimum Gasteiger partial charge on any atom is -0.410 e. The van der Waals surface area contributed by atoms with Gasteiger partial charge in [-0.2, -0.15) is 0 Å². The van der Waals surface area contributed by atoms with E-state index in [1.807, 2.05) is 6.07 Å². The molecule has 0 aliphatic rings. The molecule has 0 aliphatic carbocycles. The summed E-state index contributed by atoms with van der Waals surface area (Å²) < 4.78 is 6.95. The van der Waals surface area contributed by atoms with Crippen molar-refractivity contribution in [1.29, 1.82) is 0 Å². The van der Waals surface area contributed by atoms with Gasteiger partial charge in [0.25, 0.3) is 0 Å². The summed E-state index contributed by atoms with van der Waals surface area (Å²) in [5.74, 6) is 0.437. The minimum absolute atomic E-state index is 0.437. The van der Waals surface area contributed by atoms with Gasteiger partial charge in [0, 0.05) is 11.9 Å². The number of hydrogen-bond acceptors (Lipinski definition) is 4. The lowest BCUT2D eigenvalue weighted by molar-refractivity contribution is 0.207. The smallest absolute Gasteiger partial charge is 0.410 e. The maximum Gasteiger partial charge on any atom is 0.423 e. The lowest BCUT2D eigenvalue weighted by Crippen LogP contribution is -2.20. The van der Waals surface area contributed by atoms with Crippen LogP contribution in [0.25, 0.3) is 0 Å². The minimum atomic E-state index is -0.664. The summed E-state index contributed by atoms with van der Waals surface area (Å²) in [5.41, 5.74) is 0.506. The van der Waals surface area contributed by atoms with E-state index in [-0.39, 0.29) is 0 Å². The largest absolute Gasteiger partial charge is 0.423 e. The van der Waals surface area contributed by atoms with E-state index in [0.29, 0.717) is 23.3 Å². The summed E-state index contributed by atoms with van der Waals surface area (Å²) in [4.78, 5) is 20.7. The van der Waals surface area contributed by atoms with Gasteiger partial charge in [0.1, 0.15) is 5.75 Å². The van der Waals surface area contributed by atoms with Crippen LogP contribution in [-0.2, 0) is 4.79 Å². The molecule has 68 valence electrons. The number of amides is 1. The molecule has 0 saturated carbocycles. The molecule has 4 nitrogen and oxygen atoms in total. The second-order valence-electron chi connectivity index (χ2n) is 2.02. The molecule has 1 rings (SSSR count). The summed E-state index contributed by atoms with van der Waals surface area (Å²) in [6.07, 6.45) is -0.664. The SMILES string of the molecule is O=CSNC(=O)Oc1ccccc1. The Bertz CT molecular complexity index is 289. The van der Waals surface area contributed by atoms with Gasteiger partial charge in [-0.05, 0) is 12.1 Å². The molecule has 0 bridgehead atoms. The monoisotopic (exact) mass is 197 g/mol. The summed E-state index contributed by atoms with van der Waals surface area (Å²) in [5, 5.41) is 0. The number of hydrogen-bond donors (Lipinski definition) is 1. The van der Waals surface area contributed by atoms with Gasteiger partial charge >= 0.3 is 6.09 Å². The van der Waals surface area contributed by atoms with Crippen molar-refractivity contribution in [2.45, 2.75) is 0 Å². The molecule has 1 aromatic rings. The van der Waals surface area contributed by atoms with Gasteiger partial charge in [-0.3, -0.25) is 9.52 Å². The Morgan fingerprint density at radius 2 is 2.08 bits per heavy atom. The summed E-state index contributed by atoms with van der Waals surface area (Å²) in [6, 6.07) is 8.59. The van der Waals surface area contributed by atoms with Crippen molar-refractivity contribution in [2.24, 2.45) is 0 Å². The van der Waals surface area contributed by atoms with Crippen LogP contribution in [0.4, 0.5) is 4.79 Å². The van der Waals surface area contributed by atoms with E-state index in [1.54, 1.807) is 24.3 Å². The van der Waals surface area contributed by atoms with Gasteiger partial charge in [-0.15, -0.1) is 0 Å². The highest BCUT2D eigenvalue weighted by Crippen LogP contribution is 2.08. The van der Waals surface area contributed by atoms with Crippen LogP contribution in [0, 0.1) is 0 Å². The molecule has 0 fully saturated rings. The van der Waals surface area contributed by atoms with E-state index in [0.717, 1.165) is 0 Å². The van der Waals surface area contributed by atoms with Gasteiger partial charge < -0.3 is 4.74 Å². The van der Waals surface area contributed by atoms with Crippen molar-refractivity contribution in [3.63, 3.8) is 0 Å². The average molecular weight is 197 g/mol. The highest BCUT2D eigenvalue weighted by molar-refractivity contribution is 8.10. The molecule has 1 N–H and O–H groups in total. The molecule has 0 aromatic heterocycles. The Morgan fingerprint density at radius 1 is 1.38 bits per heavy atom. The van der Waals surface area contributed by atoms with Gasteiger partial charge in [0.05, 0.1) is 0 Å². The van der Waals surface area contributed by atoms with E-state index < -0.39 is 6.09 Å². The predicted octanol–water partition coefficient (Wildman–Crippen LogP) is 1.61. The Balaban J connectivity index is 2.41. The summed E-state index contributed by atoms with van der Waals surface area (Å²) >= 11 is 0.630. The quantitative estimate of drug-likeness (QED) is 0.590. The number of ether oxygens (including phenoxy) is 1. The number of para-hydroxylation sites is 1. The van der Waals surface area contributed by atoms with Gasteiger partial charge in [-0.25, -0.2) is 4.79 Å². The lowest BCUT2D eigenvalue weighted by atomic mass is 10.3. The molecular weight excluding hydrogens is 190 g/mol. The number of rotatable bonds is 3. The van der Waals surface area contributed by atoms with Crippen molar-refractivity contribution < 1.29 is 14.3 Å². The maximum atomic E-state index is 10.9. The molecule has 0 spiro atoms. The molecule has 5 heteroatoms. The fraction of sp³-hybridized carbons (Fsp3) is 0. The van der Waals surface area contributed by atoms with Crippen LogP contribution >= 0.6 is 11.9 Å². The first-order chi connectivity index (χ1) is 6.33. The van der Waals surface area contributed by atoms with Gasteiger partial charge in [0.15, 0.2) is 5.62 Å². The zero-order valence-electron chi connectivity index (χ0n) is 6.60. The molecule has 0 heterocycles. The van der Waals surface area contributed by atoms with Crippen molar-refractivity contribution in [3.05, 3.63) is 30.3 Å². The normalized spacial score (nSPS) is 8.92. The second kappa shape index (κ2) is 5.21. The van der Waals surface area contributed by atoms with Crippen LogP contribution in [0.2, 0.25) is 0 Å². The molecule has 0 unspecified atom stereocenters. The molecule has 0 saturated heterocycles. The molecule has 1 amide bonds. The van der Waals surface area contributed by atoms with Crippen molar-refractivity contribution in [3.8, 4) is 5.75 Å². The van der Waals surface area contributed by atoms with E-state index in [2.05, 4.69) is 4.72 Å². The van der Waals surface area contributed by atoms with E-state index in [1.165, 1.54) is 0 Å². The summed E-state index contributed by atoms with van der Waals surface area (Å²) in [6.45, 7) is 0. The Hall–Kier alpha value is -1.49. The Labute approximate surface area is 79.4 Å². The van der Waals surface area contributed by atoms with Crippen LogP contribution in [-0.4, -0.2) is 11.7 Å². The highest BCUT2D eigenvalue weighted by Gasteiger charge is 2.01. The van der Waals surface area contributed by atoms with Crippen molar-refractivity contribution >= 4 is 23.7 Å². The molecule has 13 heavy (non-hydrogen) atoms. The number of carbonyl (C=O) groups is 2. The van der Waals surface area contributed by atoms with Crippen molar-refractivity contribution in [1.82, 2.24) is 4.72 Å². The van der Waals surface area contributed by atoms with Gasteiger partial charge in [-0.1, -0.05) is 18.2 Å². The van der Waals surface area contributed by atoms with E-state index >= 15 is 0 Å². The molecule has 0 aliphatic heterocycles. The number of carbonyl (C=O) groups excluding carboxylic acids is 2. The molecular formula is C8H7NO3S. The van der Waals surface area contributed by atoms with Crippen molar-refractivity contribution in [2.75, 3.05) is 0 Å². The molecule has 0 atom stereocenters. The van der Waals surface area contributed by atoms with E-state index in [9.17, 15) is 9.59 Å².